The molecule has 0 saturated heterocycles. The molecule has 0 spiro atoms. The van der Waals surface area contributed by atoms with E-state index in [1.165, 1.54) is 5.56 Å². The molecule has 0 amide bonds. The van der Waals surface area contributed by atoms with E-state index in [9.17, 15) is 0 Å². The Hall–Kier alpha value is -1.42. The minimum absolute atomic E-state index is 0.622. The van der Waals surface area contributed by atoms with Crippen molar-refractivity contribution in [3.63, 3.8) is 0 Å². The van der Waals surface area contributed by atoms with Gasteiger partial charge in [-0.2, -0.15) is 0 Å². The fourth-order valence-electron chi connectivity index (χ4n) is 1.68. The van der Waals surface area contributed by atoms with E-state index < -0.39 is 0 Å². The maximum absolute atomic E-state index is 5.61. The van der Waals surface area contributed by atoms with Crippen molar-refractivity contribution in [2.75, 3.05) is 11.9 Å². The molecule has 2 rings (SSSR count). The smallest absolute Gasteiger partial charge is 0.142 e. The van der Waals surface area contributed by atoms with E-state index in [0.29, 0.717) is 13.2 Å². The Kier molecular flexibility index (Phi) is 4.31. The number of ether oxygens (including phenoxy) is 1. The fourth-order valence-corrected chi connectivity index (χ4v) is 2.02. The summed E-state index contributed by atoms with van der Waals surface area (Å²) in [6.07, 6.45) is 1.67. The molecule has 1 heterocycles. The molecule has 4 heteroatoms. The summed E-state index contributed by atoms with van der Waals surface area (Å²) in [6.45, 7) is 5.31. The maximum atomic E-state index is 5.61. The van der Waals surface area contributed by atoms with Crippen LogP contribution >= 0.6 is 15.9 Å². The Morgan fingerprint density at radius 2 is 2.17 bits per heavy atom. The van der Waals surface area contributed by atoms with E-state index in [1.807, 2.05) is 25.1 Å². The van der Waals surface area contributed by atoms with Gasteiger partial charge in [0.15, 0.2) is 0 Å². The van der Waals surface area contributed by atoms with Crippen molar-refractivity contribution in [3.8, 4) is 5.75 Å². The SMILES string of the molecule is CCOc1cc(C)ccc1NCc1occc1Br. The number of nitrogens with one attached hydrogen (secondary N) is 1. The molecule has 3 nitrogen and oxygen atoms in total. The van der Waals surface area contributed by atoms with Crippen LogP contribution in [0.2, 0.25) is 0 Å². The zero-order valence-corrected chi connectivity index (χ0v) is 12.1. The van der Waals surface area contributed by atoms with E-state index in [0.717, 1.165) is 21.7 Å². The Balaban J connectivity index is 2.11. The molecule has 1 N–H and O–H groups in total. The van der Waals surface area contributed by atoms with Gasteiger partial charge in [0.2, 0.25) is 0 Å². The maximum Gasteiger partial charge on any atom is 0.142 e. The van der Waals surface area contributed by atoms with E-state index in [-0.39, 0.29) is 0 Å². The summed E-state index contributed by atoms with van der Waals surface area (Å²) in [5, 5.41) is 3.32. The first kappa shape index (κ1) is 13.0. The van der Waals surface area contributed by atoms with Gasteiger partial charge in [-0.05, 0) is 53.5 Å². The van der Waals surface area contributed by atoms with Crippen LogP contribution in [0.1, 0.15) is 18.2 Å². The molecule has 0 aliphatic heterocycles. The average molecular weight is 310 g/mol. The molecule has 96 valence electrons. The van der Waals surface area contributed by atoms with Crippen LogP contribution in [0.4, 0.5) is 5.69 Å². The highest BCUT2D eigenvalue weighted by Crippen LogP contribution is 2.27. The lowest BCUT2D eigenvalue weighted by molar-refractivity contribution is 0.341. The van der Waals surface area contributed by atoms with E-state index in [1.54, 1.807) is 6.26 Å². The lowest BCUT2D eigenvalue weighted by atomic mass is 10.2. The molecule has 1 aromatic heterocycles. The predicted octanol–water partition coefficient (Wildman–Crippen LogP) is 4.36. The first-order chi connectivity index (χ1) is 8.70. The molecule has 18 heavy (non-hydrogen) atoms. The molecule has 0 unspecified atom stereocenters. The summed E-state index contributed by atoms with van der Waals surface area (Å²) < 4.78 is 11.9. The van der Waals surface area contributed by atoms with Crippen molar-refractivity contribution in [2.24, 2.45) is 0 Å². The standard InChI is InChI=1S/C14H16BrNO2/c1-3-17-13-8-10(2)4-5-12(13)16-9-14-11(15)6-7-18-14/h4-8,16H,3,9H2,1-2H3. The molecule has 2 aromatic rings. The van der Waals surface area contributed by atoms with Crippen LogP contribution in [0.3, 0.4) is 0 Å². The number of rotatable bonds is 5. The van der Waals surface area contributed by atoms with E-state index in [4.69, 9.17) is 9.15 Å². The number of furan rings is 1. The van der Waals surface area contributed by atoms with Gasteiger partial charge in [-0.1, -0.05) is 6.07 Å². The molecular weight excluding hydrogens is 294 g/mol. The highest BCUT2D eigenvalue weighted by molar-refractivity contribution is 9.10. The fraction of sp³-hybridized carbons (Fsp3) is 0.286. The van der Waals surface area contributed by atoms with Gasteiger partial charge < -0.3 is 14.5 Å². The van der Waals surface area contributed by atoms with Gasteiger partial charge >= 0.3 is 0 Å². The lowest BCUT2D eigenvalue weighted by Gasteiger charge is -2.12. The van der Waals surface area contributed by atoms with Gasteiger partial charge in [0, 0.05) is 0 Å². The van der Waals surface area contributed by atoms with Crippen LogP contribution in [0, 0.1) is 6.92 Å². The highest BCUT2D eigenvalue weighted by atomic mass is 79.9. The normalized spacial score (nSPS) is 10.4. The Bertz CT molecular complexity index is 522. The van der Waals surface area contributed by atoms with Crippen molar-refractivity contribution in [3.05, 3.63) is 46.3 Å². The van der Waals surface area contributed by atoms with Gasteiger partial charge in [0.1, 0.15) is 11.5 Å². The van der Waals surface area contributed by atoms with Crippen molar-refractivity contribution in [2.45, 2.75) is 20.4 Å². The molecule has 0 atom stereocenters. The molecule has 0 saturated carbocycles. The van der Waals surface area contributed by atoms with E-state index in [2.05, 4.69) is 34.2 Å². The number of hydrogen-bond donors (Lipinski definition) is 1. The minimum Gasteiger partial charge on any atom is -0.492 e. The summed E-state index contributed by atoms with van der Waals surface area (Å²) in [5.41, 5.74) is 2.16. The van der Waals surface area contributed by atoms with Crippen molar-refractivity contribution in [1.82, 2.24) is 0 Å². The second kappa shape index (κ2) is 5.96. The molecule has 0 aliphatic rings. The van der Waals surface area contributed by atoms with Crippen LogP contribution < -0.4 is 10.1 Å². The quantitative estimate of drug-likeness (QED) is 0.891. The third-order valence-corrected chi connectivity index (χ3v) is 3.27. The topological polar surface area (TPSA) is 34.4 Å². The van der Waals surface area contributed by atoms with Gasteiger partial charge in [-0.3, -0.25) is 0 Å². The van der Waals surface area contributed by atoms with Crippen LogP contribution in [0.15, 0.2) is 39.4 Å². The molecule has 0 bridgehead atoms. The molecular formula is C14H16BrNO2. The van der Waals surface area contributed by atoms with Crippen LogP contribution in [0.25, 0.3) is 0 Å². The predicted molar refractivity (Wildman–Crippen MR) is 76.1 cm³/mol. The number of halogens is 1. The lowest BCUT2D eigenvalue weighted by Crippen LogP contribution is -2.02. The van der Waals surface area contributed by atoms with Crippen LogP contribution in [-0.4, -0.2) is 6.61 Å². The Morgan fingerprint density at radius 1 is 1.33 bits per heavy atom. The van der Waals surface area contributed by atoms with Crippen molar-refractivity contribution < 1.29 is 9.15 Å². The zero-order valence-electron chi connectivity index (χ0n) is 10.5. The summed E-state index contributed by atoms with van der Waals surface area (Å²) in [7, 11) is 0. The molecule has 0 aliphatic carbocycles. The Morgan fingerprint density at radius 3 is 2.83 bits per heavy atom. The first-order valence-electron chi connectivity index (χ1n) is 5.90. The summed E-state index contributed by atoms with van der Waals surface area (Å²) in [4.78, 5) is 0. The molecule has 0 fully saturated rings. The summed E-state index contributed by atoms with van der Waals surface area (Å²) >= 11 is 3.44. The summed E-state index contributed by atoms with van der Waals surface area (Å²) in [5.74, 6) is 1.75. The van der Waals surface area contributed by atoms with Crippen molar-refractivity contribution >= 4 is 21.6 Å². The van der Waals surface area contributed by atoms with Crippen molar-refractivity contribution in [1.29, 1.82) is 0 Å². The zero-order chi connectivity index (χ0) is 13.0. The largest absolute Gasteiger partial charge is 0.492 e. The number of anilines is 1. The average Bonchev–Trinajstić information content (AvgIpc) is 2.74. The summed E-state index contributed by atoms with van der Waals surface area (Å²) in [6, 6.07) is 8.00. The van der Waals surface area contributed by atoms with Crippen LogP contribution in [-0.2, 0) is 6.54 Å². The minimum atomic E-state index is 0.622. The third kappa shape index (κ3) is 3.07. The van der Waals surface area contributed by atoms with Gasteiger partial charge in [0.25, 0.3) is 0 Å². The van der Waals surface area contributed by atoms with Crippen LogP contribution in [0.5, 0.6) is 5.75 Å². The molecule has 1 aromatic carbocycles. The first-order valence-corrected chi connectivity index (χ1v) is 6.69. The number of hydrogen-bond acceptors (Lipinski definition) is 3. The van der Waals surface area contributed by atoms with E-state index >= 15 is 0 Å². The monoisotopic (exact) mass is 309 g/mol. The Labute approximate surface area is 115 Å². The number of benzene rings is 1. The molecule has 0 radical (unpaired) electrons. The third-order valence-electron chi connectivity index (χ3n) is 2.57. The van der Waals surface area contributed by atoms with Gasteiger partial charge in [-0.15, -0.1) is 0 Å². The number of aryl methyl sites for hydroxylation is 1. The highest BCUT2D eigenvalue weighted by Gasteiger charge is 2.06. The second-order valence-electron chi connectivity index (χ2n) is 3.98. The second-order valence-corrected chi connectivity index (χ2v) is 4.83. The van der Waals surface area contributed by atoms with Gasteiger partial charge in [0.05, 0.1) is 29.6 Å². The van der Waals surface area contributed by atoms with Gasteiger partial charge in [-0.25, -0.2) is 0 Å².